The van der Waals surface area contributed by atoms with Gasteiger partial charge in [-0.15, -0.1) is 0 Å². The van der Waals surface area contributed by atoms with E-state index in [1.807, 2.05) is 24.3 Å². The number of ether oxygens (including phenoxy) is 4. The number of rotatable bonds is 26. The zero-order valence-electron chi connectivity index (χ0n) is 37.2. The molecule has 0 amide bonds. The van der Waals surface area contributed by atoms with Crippen LogP contribution < -0.4 is 30.0 Å². The second-order valence-electron chi connectivity index (χ2n) is 16.4. The number of nitrogen functional groups attached to an aromatic ring is 1. The molecule has 0 fully saturated rings. The molecule has 1 aliphatic carbocycles. The van der Waals surface area contributed by atoms with E-state index in [1.54, 1.807) is 48.5 Å². The Kier molecular flexibility index (Phi) is 17.2. The molecule has 5 aromatic rings. The van der Waals surface area contributed by atoms with Crippen molar-refractivity contribution in [1.29, 1.82) is 0 Å². The number of aryl methyl sites for hydroxylation is 1. The van der Waals surface area contributed by atoms with E-state index in [9.17, 15) is 19.8 Å². The highest BCUT2D eigenvalue weighted by molar-refractivity contribution is 6.34. The van der Waals surface area contributed by atoms with Crippen molar-refractivity contribution in [2.24, 2.45) is 0 Å². The molecule has 0 radical (unpaired) electrons. The van der Waals surface area contributed by atoms with Crippen LogP contribution in [0.3, 0.4) is 0 Å². The van der Waals surface area contributed by atoms with E-state index in [1.165, 1.54) is 81.9 Å². The predicted molar refractivity (Wildman–Crippen MR) is 251 cm³/mol. The number of hydrogen-bond acceptors (Lipinski definition) is 10. The number of anilines is 3. The molecule has 6 rings (SSSR count). The minimum absolute atomic E-state index is 0.0548. The van der Waals surface area contributed by atoms with Gasteiger partial charge in [-0.05, 0) is 91.9 Å². The fourth-order valence-electron chi connectivity index (χ4n) is 7.84. The first-order chi connectivity index (χ1) is 30.7. The summed E-state index contributed by atoms with van der Waals surface area (Å²) in [6.07, 6.45) is 18.2. The molecule has 5 aromatic carbocycles. The molecule has 10 heteroatoms. The van der Waals surface area contributed by atoms with Gasteiger partial charge in [0.1, 0.15) is 23.0 Å². The topological polar surface area (TPSA) is 150 Å². The molecule has 10 nitrogen and oxygen atoms in total. The summed E-state index contributed by atoms with van der Waals surface area (Å²) in [6, 6.07) is 24.6. The van der Waals surface area contributed by atoms with Crippen LogP contribution in [0.15, 0.2) is 84.9 Å². The smallest absolute Gasteiger partial charge is 0.200 e. The van der Waals surface area contributed by atoms with E-state index in [2.05, 4.69) is 26.1 Å². The number of benzene rings is 5. The number of carbonyl (C=O) groups is 2. The fraction of sp³-hybridized carbons (Fsp3) is 0.396. The van der Waals surface area contributed by atoms with Crippen molar-refractivity contribution in [2.45, 2.75) is 124 Å². The van der Waals surface area contributed by atoms with Crippen LogP contribution >= 0.6 is 0 Å². The maximum Gasteiger partial charge on any atom is 0.200 e. The number of hydrogen-bond donors (Lipinski definition) is 4. The number of phenols is 2. The van der Waals surface area contributed by atoms with Gasteiger partial charge in [0.2, 0.25) is 11.6 Å². The number of unbranched alkanes of at least 4 members (excludes halogenated alkanes) is 12. The lowest BCUT2D eigenvalue weighted by Crippen LogP contribution is -2.24. The molecule has 0 saturated carbocycles. The lowest BCUT2D eigenvalue weighted by Gasteiger charge is -2.25. The SMILES string of the molecule is CCCCCCCOc1ccc(Oc2cc(N)c3c(c2O)C(=O)c2c(Nc4ccc(CCCCCCC)cc4)cc(Oc4ccc(OCCCCCCC)cc4)c(O)c2C3=O)cc1. The van der Waals surface area contributed by atoms with Crippen molar-refractivity contribution in [3.63, 3.8) is 0 Å². The number of fused-ring (bicyclic) bond motifs is 2. The van der Waals surface area contributed by atoms with Crippen molar-refractivity contribution in [3.8, 4) is 46.0 Å². The molecule has 0 aromatic heterocycles. The zero-order chi connectivity index (χ0) is 44.6. The van der Waals surface area contributed by atoms with Gasteiger partial charge in [-0.25, -0.2) is 0 Å². The van der Waals surface area contributed by atoms with Crippen LogP contribution in [0.25, 0.3) is 0 Å². The van der Waals surface area contributed by atoms with Crippen molar-refractivity contribution in [2.75, 3.05) is 24.3 Å². The summed E-state index contributed by atoms with van der Waals surface area (Å²) in [4.78, 5) is 29.2. The van der Waals surface area contributed by atoms with Crippen molar-refractivity contribution < 1.29 is 38.7 Å². The summed E-state index contributed by atoms with van der Waals surface area (Å²) >= 11 is 0. The second-order valence-corrected chi connectivity index (χ2v) is 16.4. The van der Waals surface area contributed by atoms with Gasteiger partial charge in [0.25, 0.3) is 0 Å². The third kappa shape index (κ3) is 12.3. The van der Waals surface area contributed by atoms with Gasteiger partial charge < -0.3 is 40.2 Å². The number of phenolic OH excluding ortho intramolecular Hbond substituents is 2. The molecule has 0 bridgehead atoms. The van der Waals surface area contributed by atoms with E-state index in [0.29, 0.717) is 41.9 Å². The quantitative estimate of drug-likeness (QED) is 0.0236. The molecule has 0 unspecified atom stereocenters. The maximum absolute atomic E-state index is 14.7. The highest BCUT2D eigenvalue weighted by atomic mass is 16.5. The second kappa shape index (κ2) is 23.3. The Morgan fingerprint density at radius 1 is 0.492 bits per heavy atom. The van der Waals surface area contributed by atoms with Gasteiger partial charge in [0.05, 0.1) is 41.2 Å². The highest BCUT2D eigenvalue weighted by Gasteiger charge is 2.40. The molecular formula is C53H64N2O8. The minimum Gasteiger partial charge on any atom is -0.504 e. The number of carbonyl (C=O) groups excluding carboxylic acids is 2. The summed E-state index contributed by atoms with van der Waals surface area (Å²) in [5.74, 6) is -0.601. The number of nitrogens with two attached hydrogens (primary N) is 1. The van der Waals surface area contributed by atoms with Crippen molar-refractivity contribution >= 4 is 28.6 Å². The first kappa shape index (κ1) is 46.3. The van der Waals surface area contributed by atoms with Gasteiger partial charge in [-0.1, -0.05) is 110 Å². The summed E-state index contributed by atoms with van der Waals surface area (Å²) in [5, 5.41) is 26.8. The lowest BCUT2D eigenvalue weighted by molar-refractivity contribution is 0.0974. The highest BCUT2D eigenvalue weighted by Crippen LogP contribution is 2.50. The summed E-state index contributed by atoms with van der Waals surface area (Å²) in [6.45, 7) is 7.79. The molecule has 0 spiro atoms. The monoisotopic (exact) mass is 856 g/mol. The maximum atomic E-state index is 14.7. The van der Waals surface area contributed by atoms with Crippen LogP contribution in [0.2, 0.25) is 0 Å². The van der Waals surface area contributed by atoms with Crippen LogP contribution in [0.5, 0.6) is 46.0 Å². The van der Waals surface area contributed by atoms with Crippen molar-refractivity contribution in [1.82, 2.24) is 0 Å². The Bertz CT molecular complexity index is 2270. The molecule has 0 atom stereocenters. The fourth-order valence-corrected chi connectivity index (χ4v) is 7.84. The third-order valence-corrected chi connectivity index (χ3v) is 11.4. The number of nitrogens with one attached hydrogen (secondary N) is 1. The number of aromatic hydroxyl groups is 2. The Balaban J connectivity index is 1.27. The summed E-state index contributed by atoms with van der Waals surface area (Å²) in [7, 11) is 0. The average molecular weight is 857 g/mol. The van der Waals surface area contributed by atoms with Gasteiger partial charge in [-0.3, -0.25) is 9.59 Å². The van der Waals surface area contributed by atoms with Gasteiger partial charge in [0, 0.05) is 23.5 Å². The Morgan fingerprint density at radius 2 is 0.921 bits per heavy atom. The molecule has 63 heavy (non-hydrogen) atoms. The molecular weight excluding hydrogens is 793 g/mol. The standard InChI is InChI=1S/C53H64N2O8/c1-4-7-10-13-16-19-36-20-22-37(23-21-36)55-43-35-45(63-41-30-26-39(27-31-41)61-33-18-15-12-9-6-3)51(57)49-47(43)53(59)48-46(52(49)58)42(54)34-44(50(48)56)62-40-28-24-38(25-29-40)60-32-17-14-11-8-5-2/h20-31,34-35,55-57H,4-19,32-33,54H2,1-3H3. The van der Waals surface area contributed by atoms with Gasteiger partial charge >= 0.3 is 0 Å². The first-order valence-corrected chi connectivity index (χ1v) is 23.0. The van der Waals surface area contributed by atoms with Crippen LogP contribution in [0.4, 0.5) is 17.1 Å². The van der Waals surface area contributed by atoms with Crippen LogP contribution in [0, 0.1) is 0 Å². The van der Waals surface area contributed by atoms with Gasteiger partial charge in [0.15, 0.2) is 23.0 Å². The van der Waals surface area contributed by atoms with E-state index in [4.69, 9.17) is 24.7 Å². The van der Waals surface area contributed by atoms with Crippen LogP contribution in [0.1, 0.15) is 154 Å². The molecule has 0 saturated heterocycles. The molecule has 0 aliphatic heterocycles. The largest absolute Gasteiger partial charge is 0.504 e. The summed E-state index contributed by atoms with van der Waals surface area (Å²) < 4.78 is 24.1. The van der Waals surface area contributed by atoms with E-state index in [0.717, 1.165) is 38.5 Å². The van der Waals surface area contributed by atoms with Crippen LogP contribution in [-0.4, -0.2) is 35.0 Å². The molecule has 0 heterocycles. The lowest BCUT2D eigenvalue weighted by atomic mass is 9.81. The first-order valence-electron chi connectivity index (χ1n) is 23.0. The van der Waals surface area contributed by atoms with E-state index in [-0.39, 0.29) is 45.1 Å². The Labute approximate surface area is 372 Å². The normalized spacial score (nSPS) is 11.9. The third-order valence-electron chi connectivity index (χ3n) is 11.4. The Hall–Kier alpha value is -6.16. The van der Waals surface area contributed by atoms with Gasteiger partial charge in [-0.2, -0.15) is 0 Å². The number of ketones is 2. The molecule has 1 aliphatic rings. The minimum atomic E-state index is -0.748. The van der Waals surface area contributed by atoms with E-state index >= 15 is 0 Å². The Morgan fingerprint density at radius 3 is 1.43 bits per heavy atom. The van der Waals surface area contributed by atoms with E-state index < -0.39 is 23.1 Å². The molecule has 334 valence electrons. The van der Waals surface area contributed by atoms with Crippen molar-refractivity contribution in [3.05, 3.63) is 113 Å². The summed E-state index contributed by atoms with van der Waals surface area (Å²) in [5.41, 5.74) is 7.44. The average Bonchev–Trinajstić information content (AvgIpc) is 3.28. The van der Waals surface area contributed by atoms with Crippen LogP contribution in [-0.2, 0) is 6.42 Å². The molecule has 5 N–H and O–H groups in total. The zero-order valence-corrected chi connectivity index (χ0v) is 37.2. The predicted octanol–water partition coefficient (Wildman–Crippen LogP) is 14.0.